The highest BCUT2D eigenvalue weighted by Gasteiger charge is 2.55. The number of aryl methyl sites for hydroxylation is 2. The summed E-state index contributed by atoms with van der Waals surface area (Å²) >= 11 is 0. The summed E-state index contributed by atoms with van der Waals surface area (Å²) in [4.78, 5) is 29.9. The molecule has 2 N–H and O–H groups in total. The third-order valence-corrected chi connectivity index (χ3v) is 5.22. The molecule has 2 heterocycles. The number of hydrogen-bond donors (Lipinski definition) is 2. The second-order valence-electron chi connectivity index (χ2n) is 6.56. The van der Waals surface area contributed by atoms with Gasteiger partial charge in [0, 0.05) is 19.5 Å². The third-order valence-electron chi connectivity index (χ3n) is 5.22. The number of aromatic nitrogens is 1. The Balaban J connectivity index is 1.61. The van der Waals surface area contributed by atoms with Gasteiger partial charge in [0.25, 0.3) is 0 Å². The van der Waals surface area contributed by atoms with Crippen molar-refractivity contribution in [2.24, 2.45) is 11.3 Å². The molecule has 2 atom stereocenters. The number of carboxylic acid groups (broad SMARTS) is 1. The quantitative estimate of drug-likeness (QED) is 0.883. The van der Waals surface area contributed by atoms with E-state index in [-0.39, 0.29) is 18.5 Å². The lowest BCUT2D eigenvalue weighted by molar-refractivity contribution is -0.149. The molecule has 0 unspecified atom stereocenters. The molecular formula is C16H23N3O4. The molecule has 1 saturated heterocycles. The van der Waals surface area contributed by atoms with Gasteiger partial charge in [0.05, 0.1) is 17.7 Å². The van der Waals surface area contributed by atoms with Gasteiger partial charge in [-0.05, 0) is 25.7 Å². The summed E-state index contributed by atoms with van der Waals surface area (Å²) in [5.41, 5.74) is 0.0388. The summed E-state index contributed by atoms with van der Waals surface area (Å²) in [5, 5.41) is 12.4. The molecule has 1 aromatic heterocycles. The number of amides is 2. The predicted octanol–water partition coefficient (Wildman–Crippen LogP) is 1.94. The molecule has 2 amide bonds. The van der Waals surface area contributed by atoms with E-state index in [1.807, 2.05) is 13.8 Å². The van der Waals surface area contributed by atoms with Gasteiger partial charge >= 0.3 is 12.0 Å². The summed E-state index contributed by atoms with van der Waals surface area (Å²) in [6.07, 6.45) is 3.20. The van der Waals surface area contributed by atoms with Gasteiger partial charge in [-0.2, -0.15) is 0 Å². The molecule has 0 aromatic carbocycles. The SMILES string of the molecule is CCc1nc(C)c(CNC(=O)N2C[C@@H]3CCC[C@@]3(C(=O)O)C2)o1. The number of oxazole rings is 1. The monoisotopic (exact) mass is 321 g/mol. The fourth-order valence-electron chi connectivity index (χ4n) is 3.86. The van der Waals surface area contributed by atoms with Crippen LogP contribution in [0.15, 0.2) is 4.42 Å². The van der Waals surface area contributed by atoms with Crippen LogP contribution in [0.3, 0.4) is 0 Å². The molecule has 2 fully saturated rings. The number of carbonyl (C=O) groups excluding carboxylic acids is 1. The summed E-state index contributed by atoms with van der Waals surface area (Å²) in [5.74, 6) is 0.619. The van der Waals surface area contributed by atoms with Gasteiger partial charge < -0.3 is 19.7 Å². The fraction of sp³-hybridized carbons (Fsp3) is 0.688. The molecule has 0 bridgehead atoms. The fourth-order valence-corrected chi connectivity index (χ4v) is 3.86. The average molecular weight is 321 g/mol. The number of nitrogens with one attached hydrogen (secondary N) is 1. The lowest BCUT2D eigenvalue weighted by atomic mass is 9.81. The van der Waals surface area contributed by atoms with Crippen molar-refractivity contribution in [1.29, 1.82) is 0 Å². The maximum absolute atomic E-state index is 12.4. The topological polar surface area (TPSA) is 95.7 Å². The third kappa shape index (κ3) is 2.68. The van der Waals surface area contributed by atoms with E-state index in [9.17, 15) is 14.7 Å². The number of carbonyl (C=O) groups is 2. The summed E-state index contributed by atoms with van der Waals surface area (Å²) in [6, 6.07) is -0.228. The minimum Gasteiger partial charge on any atom is -0.481 e. The Bertz CT molecular complexity index is 627. The Kier molecular flexibility index (Phi) is 4.04. The smallest absolute Gasteiger partial charge is 0.317 e. The van der Waals surface area contributed by atoms with Gasteiger partial charge in [-0.25, -0.2) is 9.78 Å². The van der Waals surface area contributed by atoms with Crippen LogP contribution in [0, 0.1) is 18.3 Å². The number of carboxylic acids is 1. The van der Waals surface area contributed by atoms with Crippen molar-refractivity contribution in [1.82, 2.24) is 15.2 Å². The first-order valence-electron chi connectivity index (χ1n) is 8.17. The summed E-state index contributed by atoms with van der Waals surface area (Å²) in [7, 11) is 0. The normalized spacial score (nSPS) is 26.3. The van der Waals surface area contributed by atoms with Gasteiger partial charge in [0.1, 0.15) is 5.76 Å². The van der Waals surface area contributed by atoms with Gasteiger partial charge in [0.2, 0.25) is 0 Å². The Labute approximate surface area is 135 Å². The van der Waals surface area contributed by atoms with Gasteiger partial charge in [-0.15, -0.1) is 0 Å². The van der Waals surface area contributed by atoms with E-state index in [1.54, 1.807) is 4.90 Å². The molecule has 7 nitrogen and oxygen atoms in total. The van der Waals surface area contributed by atoms with Crippen molar-refractivity contribution in [3.63, 3.8) is 0 Å². The lowest BCUT2D eigenvalue weighted by Crippen LogP contribution is -2.41. The summed E-state index contributed by atoms with van der Waals surface area (Å²) in [6.45, 7) is 4.91. The number of likely N-dealkylation sites (tertiary alicyclic amines) is 1. The molecule has 1 saturated carbocycles. The second kappa shape index (κ2) is 5.86. The molecule has 126 valence electrons. The Morgan fingerprint density at radius 1 is 1.52 bits per heavy atom. The zero-order valence-corrected chi connectivity index (χ0v) is 13.6. The van der Waals surface area contributed by atoms with E-state index in [0.717, 1.165) is 18.5 Å². The summed E-state index contributed by atoms with van der Waals surface area (Å²) < 4.78 is 5.57. The predicted molar refractivity (Wildman–Crippen MR) is 81.8 cm³/mol. The van der Waals surface area contributed by atoms with E-state index in [2.05, 4.69) is 10.3 Å². The maximum atomic E-state index is 12.4. The largest absolute Gasteiger partial charge is 0.481 e. The van der Waals surface area contributed by atoms with Crippen molar-refractivity contribution in [3.8, 4) is 0 Å². The maximum Gasteiger partial charge on any atom is 0.317 e. The van der Waals surface area contributed by atoms with Gasteiger partial charge in [-0.3, -0.25) is 4.79 Å². The number of rotatable bonds is 4. The molecule has 23 heavy (non-hydrogen) atoms. The molecule has 0 spiro atoms. The Morgan fingerprint density at radius 2 is 2.30 bits per heavy atom. The van der Waals surface area contributed by atoms with Crippen LogP contribution in [0.4, 0.5) is 4.79 Å². The Morgan fingerprint density at radius 3 is 2.91 bits per heavy atom. The first-order chi connectivity index (χ1) is 11.0. The van der Waals surface area contributed by atoms with Crippen LogP contribution in [0.2, 0.25) is 0 Å². The highest BCUT2D eigenvalue weighted by atomic mass is 16.4. The highest BCUT2D eigenvalue weighted by molar-refractivity contribution is 5.80. The minimum atomic E-state index is -0.769. The van der Waals surface area contributed by atoms with Crippen molar-refractivity contribution in [3.05, 3.63) is 17.3 Å². The first kappa shape index (κ1) is 15.8. The number of fused-ring (bicyclic) bond motifs is 1. The van der Waals surface area contributed by atoms with Crippen LogP contribution in [0.5, 0.6) is 0 Å². The van der Waals surface area contributed by atoms with Crippen molar-refractivity contribution in [2.45, 2.75) is 46.1 Å². The van der Waals surface area contributed by atoms with E-state index in [1.165, 1.54) is 0 Å². The van der Waals surface area contributed by atoms with Crippen LogP contribution >= 0.6 is 0 Å². The van der Waals surface area contributed by atoms with Crippen LogP contribution in [-0.4, -0.2) is 40.1 Å². The molecule has 0 radical (unpaired) electrons. The molecule has 1 aromatic rings. The number of hydrogen-bond acceptors (Lipinski definition) is 4. The number of nitrogens with zero attached hydrogens (tertiary/aromatic N) is 2. The standard InChI is InChI=1S/C16H23N3O4/c1-3-13-18-10(2)12(23-13)7-17-15(22)19-8-11-5-4-6-16(11,9-19)14(20)21/h11H,3-9H2,1-2H3,(H,17,22)(H,20,21)/t11-,16+/m0/s1. The van der Waals surface area contributed by atoms with E-state index in [4.69, 9.17) is 4.42 Å². The highest BCUT2D eigenvalue weighted by Crippen LogP contribution is 2.48. The molecule has 3 rings (SSSR count). The molecule has 7 heteroatoms. The van der Waals surface area contributed by atoms with Crippen LogP contribution < -0.4 is 5.32 Å². The number of urea groups is 1. The molecule has 2 aliphatic rings. The van der Waals surface area contributed by atoms with Gasteiger partial charge in [-0.1, -0.05) is 13.3 Å². The van der Waals surface area contributed by atoms with Crippen molar-refractivity contribution >= 4 is 12.0 Å². The van der Waals surface area contributed by atoms with E-state index >= 15 is 0 Å². The minimum absolute atomic E-state index is 0.0736. The Hall–Kier alpha value is -2.05. The lowest BCUT2D eigenvalue weighted by Gasteiger charge is -2.23. The van der Waals surface area contributed by atoms with Crippen molar-refractivity contribution < 1.29 is 19.1 Å². The van der Waals surface area contributed by atoms with E-state index < -0.39 is 11.4 Å². The van der Waals surface area contributed by atoms with Gasteiger partial charge in [0.15, 0.2) is 5.89 Å². The number of aliphatic carboxylic acids is 1. The van der Waals surface area contributed by atoms with E-state index in [0.29, 0.717) is 37.6 Å². The molecule has 1 aliphatic carbocycles. The molecular weight excluding hydrogens is 298 g/mol. The van der Waals surface area contributed by atoms with Crippen LogP contribution in [-0.2, 0) is 17.8 Å². The zero-order valence-electron chi connectivity index (χ0n) is 13.6. The van der Waals surface area contributed by atoms with Crippen molar-refractivity contribution in [2.75, 3.05) is 13.1 Å². The zero-order chi connectivity index (χ0) is 16.6. The second-order valence-corrected chi connectivity index (χ2v) is 6.56. The first-order valence-corrected chi connectivity index (χ1v) is 8.17. The van der Waals surface area contributed by atoms with Crippen LogP contribution in [0.25, 0.3) is 0 Å². The average Bonchev–Trinajstić information content (AvgIpc) is 3.16. The van der Waals surface area contributed by atoms with Crippen LogP contribution in [0.1, 0.15) is 43.5 Å². The molecule has 1 aliphatic heterocycles.